The fourth-order valence-corrected chi connectivity index (χ4v) is 3.88. The minimum absolute atomic E-state index is 0. The molecule has 0 spiro atoms. The Labute approximate surface area is 186 Å². The van der Waals surface area contributed by atoms with Gasteiger partial charge in [0.1, 0.15) is 5.52 Å². The van der Waals surface area contributed by atoms with Gasteiger partial charge in [-0.15, -0.1) is 12.4 Å². The van der Waals surface area contributed by atoms with Crippen LogP contribution >= 0.6 is 35.6 Å². The maximum Gasteiger partial charge on any atom is 0.160 e. The molecule has 1 aromatic heterocycles. The van der Waals surface area contributed by atoms with Gasteiger partial charge in [-0.2, -0.15) is 0 Å². The van der Waals surface area contributed by atoms with Gasteiger partial charge in [-0.3, -0.25) is 4.90 Å². The van der Waals surface area contributed by atoms with Crippen molar-refractivity contribution in [1.82, 2.24) is 9.88 Å². The molecule has 29 heavy (non-hydrogen) atoms. The highest BCUT2D eigenvalue weighted by molar-refractivity contribution is 6.39. The van der Waals surface area contributed by atoms with Crippen LogP contribution in [0.2, 0.25) is 10.0 Å². The van der Waals surface area contributed by atoms with Gasteiger partial charge in [-0.25, -0.2) is 4.98 Å². The third kappa shape index (κ3) is 5.12. The van der Waals surface area contributed by atoms with E-state index in [1.54, 1.807) is 0 Å². The van der Waals surface area contributed by atoms with Crippen LogP contribution in [0, 0.1) is 0 Å². The first-order valence-electron chi connectivity index (χ1n) is 9.21. The third-order valence-electron chi connectivity index (χ3n) is 4.92. The van der Waals surface area contributed by atoms with Gasteiger partial charge in [0.15, 0.2) is 5.75 Å². The monoisotopic (exact) mass is 446 g/mol. The van der Waals surface area contributed by atoms with E-state index in [0.717, 1.165) is 31.7 Å². The number of rotatable bonds is 4. The van der Waals surface area contributed by atoms with Gasteiger partial charge in [0.25, 0.3) is 0 Å². The number of nitrogens with zero attached hydrogens (tertiary/aromatic N) is 2. The van der Waals surface area contributed by atoms with E-state index in [1.165, 1.54) is 17.2 Å². The molecule has 0 saturated heterocycles. The Morgan fingerprint density at radius 1 is 1.03 bits per heavy atom. The Morgan fingerprint density at radius 2 is 1.83 bits per heavy atom. The Kier molecular flexibility index (Phi) is 7.20. The van der Waals surface area contributed by atoms with Crippen LogP contribution in [0.25, 0.3) is 17.0 Å². The van der Waals surface area contributed by atoms with Gasteiger partial charge in [0.2, 0.25) is 0 Å². The lowest BCUT2D eigenvalue weighted by Gasteiger charge is -2.25. The second-order valence-electron chi connectivity index (χ2n) is 6.90. The number of aromatic hydroxyl groups is 1. The summed E-state index contributed by atoms with van der Waals surface area (Å²) in [4.78, 5) is 6.94. The highest BCUT2D eigenvalue weighted by Crippen LogP contribution is 2.36. The van der Waals surface area contributed by atoms with Crippen molar-refractivity contribution in [2.45, 2.75) is 13.0 Å². The molecule has 1 aliphatic heterocycles. The molecule has 3 nitrogen and oxygen atoms in total. The number of fused-ring (bicyclic) bond motifs is 1. The SMILES string of the molecule is Cl.Oc1c(Cl)cc(Cl)c2ccc(/C=C/C3=CCN(Cc4ccccc4)CC3)nc12. The Hall–Kier alpha value is -2.04. The van der Waals surface area contributed by atoms with Crippen molar-refractivity contribution < 1.29 is 5.11 Å². The van der Waals surface area contributed by atoms with E-state index >= 15 is 0 Å². The fraction of sp³-hybridized carbons (Fsp3) is 0.174. The van der Waals surface area contributed by atoms with Crippen LogP contribution in [0.1, 0.15) is 17.7 Å². The topological polar surface area (TPSA) is 36.4 Å². The van der Waals surface area contributed by atoms with Crippen LogP contribution in [0.4, 0.5) is 0 Å². The van der Waals surface area contributed by atoms with Gasteiger partial charge >= 0.3 is 0 Å². The van der Waals surface area contributed by atoms with Crippen LogP contribution in [-0.4, -0.2) is 28.1 Å². The van der Waals surface area contributed by atoms with Crippen molar-refractivity contribution in [3.8, 4) is 5.75 Å². The fourth-order valence-electron chi connectivity index (χ4n) is 3.37. The van der Waals surface area contributed by atoms with Gasteiger partial charge in [-0.1, -0.05) is 65.7 Å². The summed E-state index contributed by atoms with van der Waals surface area (Å²) in [5.74, 6) is -0.0373. The average Bonchev–Trinajstić information content (AvgIpc) is 2.72. The minimum Gasteiger partial charge on any atom is -0.504 e. The number of benzene rings is 2. The predicted molar refractivity (Wildman–Crippen MR) is 124 cm³/mol. The van der Waals surface area contributed by atoms with Crippen molar-refractivity contribution in [3.63, 3.8) is 0 Å². The van der Waals surface area contributed by atoms with Crippen molar-refractivity contribution in [2.75, 3.05) is 13.1 Å². The number of aromatic nitrogens is 1. The summed E-state index contributed by atoms with van der Waals surface area (Å²) in [6.45, 7) is 2.94. The molecule has 1 aliphatic rings. The summed E-state index contributed by atoms with van der Waals surface area (Å²) in [6.07, 6.45) is 7.32. The first kappa shape index (κ1) is 21.7. The molecular formula is C23H21Cl3N2O. The second-order valence-corrected chi connectivity index (χ2v) is 7.72. The molecule has 0 unspecified atom stereocenters. The number of phenols is 1. The number of pyridine rings is 1. The Bertz CT molecular complexity index is 1060. The number of phenolic OH excluding ortho intramolecular Hbond substituents is 1. The lowest BCUT2D eigenvalue weighted by atomic mass is 10.1. The van der Waals surface area contributed by atoms with Crippen LogP contribution < -0.4 is 0 Å². The summed E-state index contributed by atoms with van der Waals surface area (Å²) in [5, 5.41) is 11.6. The largest absolute Gasteiger partial charge is 0.504 e. The smallest absolute Gasteiger partial charge is 0.160 e. The number of halogens is 3. The zero-order chi connectivity index (χ0) is 19.5. The minimum atomic E-state index is -0.0373. The maximum atomic E-state index is 10.2. The molecule has 0 saturated carbocycles. The molecule has 2 aromatic carbocycles. The lowest BCUT2D eigenvalue weighted by Crippen LogP contribution is -2.27. The predicted octanol–water partition coefficient (Wildman–Crippen LogP) is 6.51. The number of allylic oxidation sites excluding steroid dienone is 1. The van der Waals surface area contributed by atoms with E-state index < -0.39 is 0 Å². The molecule has 2 heterocycles. The normalized spacial score (nSPS) is 14.8. The Morgan fingerprint density at radius 3 is 2.55 bits per heavy atom. The molecule has 0 bridgehead atoms. The zero-order valence-corrected chi connectivity index (χ0v) is 18.0. The van der Waals surface area contributed by atoms with E-state index in [4.69, 9.17) is 23.2 Å². The summed E-state index contributed by atoms with van der Waals surface area (Å²) < 4.78 is 0. The molecule has 0 radical (unpaired) electrons. The van der Waals surface area contributed by atoms with E-state index in [0.29, 0.717) is 15.9 Å². The van der Waals surface area contributed by atoms with E-state index in [2.05, 4.69) is 46.3 Å². The van der Waals surface area contributed by atoms with Crippen molar-refractivity contribution in [2.24, 2.45) is 0 Å². The van der Waals surface area contributed by atoms with Crippen LogP contribution in [-0.2, 0) is 6.54 Å². The highest BCUT2D eigenvalue weighted by Gasteiger charge is 2.12. The van der Waals surface area contributed by atoms with Crippen molar-refractivity contribution >= 4 is 52.6 Å². The molecule has 1 N–H and O–H groups in total. The maximum absolute atomic E-state index is 10.2. The molecule has 0 aliphatic carbocycles. The van der Waals surface area contributed by atoms with Crippen LogP contribution in [0.3, 0.4) is 0 Å². The van der Waals surface area contributed by atoms with Crippen LogP contribution in [0.15, 0.2) is 66.3 Å². The molecule has 0 amide bonds. The number of hydrogen-bond acceptors (Lipinski definition) is 3. The first-order chi connectivity index (χ1) is 13.6. The van der Waals surface area contributed by atoms with E-state index in [9.17, 15) is 5.11 Å². The third-order valence-corrected chi connectivity index (χ3v) is 5.52. The standard InChI is InChI=1S/C23H20Cl2N2O.ClH/c24-20-14-21(25)23(28)22-19(20)9-8-18(26-22)7-6-16-10-12-27(13-11-16)15-17-4-2-1-3-5-17;/h1-10,14,28H,11-13,15H2;1H/b7-6+;. The summed E-state index contributed by atoms with van der Waals surface area (Å²) >= 11 is 12.2. The summed E-state index contributed by atoms with van der Waals surface area (Å²) in [5.41, 5.74) is 3.81. The summed E-state index contributed by atoms with van der Waals surface area (Å²) in [7, 11) is 0. The van der Waals surface area contributed by atoms with E-state index in [1.807, 2.05) is 24.3 Å². The average molecular weight is 448 g/mol. The summed E-state index contributed by atoms with van der Waals surface area (Å²) in [6, 6.07) is 15.8. The second kappa shape index (κ2) is 9.64. The van der Waals surface area contributed by atoms with Gasteiger partial charge in [0.05, 0.1) is 15.7 Å². The first-order valence-corrected chi connectivity index (χ1v) is 9.97. The van der Waals surface area contributed by atoms with Gasteiger partial charge < -0.3 is 5.11 Å². The zero-order valence-electron chi connectivity index (χ0n) is 15.7. The molecular weight excluding hydrogens is 427 g/mol. The van der Waals surface area contributed by atoms with Gasteiger partial charge in [0, 0.05) is 25.0 Å². The highest BCUT2D eigenvalue weighted by atomic mass is 35.5. The van der Waals surface area contributed by atoms with Crippen molar-refractivity contribution in [3.05, 3.63) is 87.6 Å². The molecule has 3 aromatic rings. The van der Waals surface area contributed by atoms with Crippen molar-refractivity contribution in [1.29, 1.82) is 0 Å². The molecule has 0 fully saturated rings. The molecule has 150 valence electrons. The Balaban J connectivity index is 0.00000240. The van der Waals surface area contributed by atoms with Gasteiger partial charge in [-0.05, 0) is 41.8 Å². The number of hydrogen-bond donors (Lipinski definition) is 1. The lowest BCUT2D eigenvalue weighted by molar-refractivity contribution is 0.287. The molecule has 4 rings (SSSR count). The quantitative estimate of drug-likeness (QED) is 0.495. The van der Waals surface area contributed by atoms with E-state index in [-0.39, 0.29) is 23.2 Å². The molecule has 0 atom stereocenters. The molecule has 6 heteroatoms. The van der Waals surface area contributed by atoms with Crippen LogP contribution in [0.5, 0.6) is 5.75 Å².